The monoisotopic (exact) mass is 280 g/mol. The Morgan fingerprint density at radius 1 is 1.17 bits per heavy atom. The summed E-state index contributed by atoms with van der Waals surface area (Å²) < 4.78 is 0.773. The molecular weight excluding hydrogens is 264 g/mol. The van der Waals surface area contributed by atoms with E-state index in [0.717, 1.165) is 14.8 Å². The molecule has 1 nitrogen and oxygen atoms in total. The van der Waals surface area contributed by atoms with E-state index in [2.05, 4.69) is 26.0 Å². The lowest BCUT2D eigenvalue weighted by molar-refractivity contribution is 0.101. The molecule has 0 aliphatic rings. The van der Waals surface area contributed by atoms with Crippen molar-refractivity contribution in [2.75, 3.05) is 0 Å². The van der Waals surface area contributed by atoms with E-state index in [1.165, 1.54) is 11.3 Å². The van der Waals surface area contributed by atoms with Crippen LogP contribution in [0.5, 0.6) is 0 Å². The van der Waals surface area contributed by atoms with Gasteiger partial charge in [0.2, 0.25) is 0 Å². The van der Waals surface area contributed by atoms with E-state index in [9.17, 15) is 5.11 Å². The molecule has 2 rings (SSSR count). The Morgan fingerprint density at radius 2 is 1.83 bits per heavy atom. The van der Waals surface area contributed by atoms with Crippen molar-refractivity contribution in [2.45, 2.75) is 31.8 Å². The van der Waals surface area contributed by atoms with Gasteiger partial charge in [-0.2, -0.15) is 0 Å². The highest BCUT2D eigenvalue weighted by Gasteiger charge is 2.29. The minimum atomic E-state index is -0.422. The van der Waals surface area contributed by atoms with Crippen molar-refractivity contribution >= 4 is 22.9 Å². The highest BCUT2D eigenvalue weighted by Crippen LogP contribution is 2.31. The predicted octanol–water partition coefficient (Wildman–Crippen LogP) is 4.28. The maximum absolute atomic E-state index is 10.5. The molecule has 18 heavy (non-hydrogen) atoms. The molecule has 0 spiro atoms. The van der Waals surface area contributed by atoms with Crippen molar-refractivity contribution in [3.63, 3.8) is 0 Å². The van der Waals surface area contributed by atoms with E-state index in [0.29, 0.717) is 6.42 Å². The fraction of sp³-hybridized carbons (Fsp3) is 0.333. The second-order valence-corrected chi connectivity index (χ2v) is 6.81. The Hall–Kier alpha value is -0.830. The van der Waals surface area contributed by atoms with E-state index >= 15 is 0 Å². The molecule has 1 unspecified atom stereocenters. The molecule has 1 N–H and O–H groups in total. The molecule has 1 heterocycles. The molecule has 0 saturated carbocycles. The van der Waals surface area contributed by atoms with Gasteiger partial charge in [-0.25, -0.2) is 0 Å². The quantitative estimate of drug-likeness (QED) is 0.886. The van der Waals surface area contributed by atoms with Crippen LogP contribution in [0.3, 0.4) is 0 Å². The zero-order valence-electron chi connectivity index (χ0n) is 10.6. The molecule has 1 aromatic carbocycles. The minimum Gasteiger partial charge on any atom is -0.392 e. The lowest BCUT2D eigenvalue weighted by Crippen LogP contribution is -2.35. The van der Waals surface area contributed by atoms with Gasteiger partial charge in [-0.05, 0) is 17.7 Å². The van der Waals surface area contributed by atoms with Crippen LogP contribution in [-0.2, 0) is 11.8 Å². The minimum absolute atomic E-state index is 0.266. The number of hydrogen-bond donors (Lipinski definition) is 1. The maximum Gasteiger partial charge on any atom is 0.0931 e. The fourth-order valence-electron chi connectivity index (χ4n) is 1.97. The molecule has 0 radical (unpaired) electrons. The van der Waals surface area contributed by atoms with Crippen molar-refractivity contribution in [3.05, 3.63) is 57.2 Å². The number of rotatable bonds is 4. The molecule has 2 aromatic rings. The normalized spacial score (nSPS) is 13.6. The summed E-state index contributed by atoms with van der Waals surface area (Å²) in [6.07, 6.45) is 0.217. The molecule has 0 aliphatic carbocycles. The van der Waals surface area contributed by atoms with Gasteiger partial charge < -0.3 is 5.11 Å². The first kappa shape index (κ1) is 13.6. The average Bonchev–Trinajstić information content (AvgIpc) is 2.76. The van der Waals surface area contributed by atoms with Gasteiger partial charge in [0.05, 0.1) is 10.4 Å². The first-order valence-corrected chi connectivity index (χ1v) is 7.17. The third-order valence-electron chi connectivity index (χ3n) is 3.37. The largest absolute Gasteiger partial charge is 0.392 e. The molecule has 0 amide bonds. The zero-order chi connectivity index (χ0) is 13.2. The van der Waals surface area contributed by atoms with Crippen LogP contribution in [0.4, 0.5) is 0 Å². The van der Waals surface area contributed by atoms with Crippen LogP contribution in [0.2, 0.25) is 4.34 Å². The van der Waals surface area contributed by atoms with Gasteiger partial charge in [0.25, 0.3) is 0 Å². The summed E-state index contributed by atoms with van der Waals surface area (Å²) in [5.41, 5.74) is 0.887. The molecule has 96 valence electrons. The van der Waals surface area contributed by atoms with E-state index < -0.39 is 6.10 Å². The number of hydrogen-bond acceptors (Lipinski definition) is 2. The van der Waals surface area contributed by atoms with Crippen molar-refractivity contribution < 1.29 is 5.11 Å². The third-order valence-corrected chi connectivity index (χ3v) is 4.63. The summed E-state index contributed by atoms with van der Waals surface area (Å²) >= 11 is 7.44. The van der Waals surface area contributed by atoms with Gasteiger partial charge in [0, 0.05) is 16.7 Å². The second kappa shape index (κ2) is 5.43. The van der Waals surface area contributed by atoms with Gasteiger partial charge in [-0.1, -0.05) is 55.8 Å². The van der Waals surface area contributed by atoms with E-state index in [4.69, 9.17) is 11.6 Å². The highest BCUT2D eigenvalue weighted by molar-refractivity contribution is 7.16. The topological polar surface area (TPSA) is 20.2 Å². The average molecular weight is 281 g/mol. The lowest BCUT2D eigenvalue weighted by Gasteiger charge is -2.31. The Labute approximate surface area is 117 Å². The van der Waals surface area contributed by atoms with Crippen LogP contribution in [-0.4, -0.2) is 11.2 Å². The van der Waals surface area contributed by atoms with Gasteiger partial charge in [-0.15, -0.1) is 11.3 Å². The molecule has 0 bridgehead atoms. The van der Waals surface area contributed by atoms with E-state index in [1.807, 2.05) is 30.3 Å². The first-order valence-electron chi connectivity index (χ1n) is 5.98. The summed E-state index contributed by atoms with van der Waals surface area (Å²) in [5, 5.41) is 10.5. The van der Waals surface area contributed by atoms with Crippen LogP contribution in [0, 0.1) is 0 Å². The van der Waals surface area contributed by atoms with Crippen molar-refractivity contribution in [2.24, 2.45) is 0 Å². The van der Waals surface area contributed by atoms with Gasteiger partial charge >= 0.3 is 0 Å². The SMILES string of the molecule is CC(C)(c1ccccc1)C(O)Cc1ccc(Cl)s1. The number of halogens is 1. The summed E-state index contributed by atoms with van der Waals surface area (Å²) in [6, 6.07) is 14.0. The molecule has 1 aromatic heterocycles. The predicted molar refractivity (Wildman–Crippen MR) is 78.5 cm³/mol. The maximum atomic E-state index is 10.5. The van der Waals surface area contributed by atoms with E-state index in [1.54, 1.807) is 0 Å². The van der Waals surface area contributed by atoms with E-state index in [-0.39, 0.29) is 5.41 Å². The van der Waals surface area contributed by atoms with Crippen LogP contribution in [0.25, 0.3) is 0 Å². The Morgan fingerprint density at radius 3 is 2.39 bits per heavy atom. The zero-order valence-corrected chi connectivity index (χ0v) is 12.1. The first-order chi connectivity index (χ1) is 8.50. The third kappa shape index (κ3) is 2.94. The van der Waals surface area contributed by atoms with Crippen molar-refractivity contribution in [3.8, 4) is 0 Å². The van der Waals surface area contributed by atoms with Crippen LogP contribution in [0.1, 0.15) is 24.3 Å². The van der Waals surface area contributed by atoms with Crippen molar-refractivity contribution in [1.82, 2.24) is 0 Å². The second-order valence-electron chi connectivity index (χ2n) is 5.01. The summed E-state index contributed by atoms with van der Waals surface area (Å²) in [4.78, 5) is 1.12. The van der Waals surface area contributed by atoms with Gasteiger partial charge in [0.1, 0.15) is 0 Å². The fourth-order valence-corrected chi connectivity index (χ4v) is 3.09. The number of thiophene rings is 1. The number of aliphatic hydroxyl groups is 1. The van der Waals surface area contributed by atoms with Crippen molar-refractivity contribution in [1.29, 1.82) is 0 Å². The van der Waals surface area contributed by atoms with Gasteiger partial charge in [-0.3, -0.25) is 0 Å². The van der Waals surface area contributed by atoms with Crippen LogP contribution in [0.15, 0.2) is 42.5 Å². The molecule has 1 atom stereocenters. The summed E-state index contributed by atoms with van der Waals surface area (Å²) in [5.74, 6) is 0. The molecule has 0 saturated heterocycles. The smallest absolute Gasteiger partial charge is 0.0931 e. The van der Waals surface area contributed by atoms with Crippen LogP contribution >= 0.6 is 22.9 Å². The standard InChI is InChI=1S/C15H17ClOS/c1-15(2,11-6-4-3-5-7-11)13(17)10-12-8-9-14(16)18-12/h3-9,13,17H,10H2,1-2H3. The Bertz CT molecular complexity index is 504. The molecule has 3 heteroatoms. The molecule has 0 aliphatic heterocycles. The Kier molecular flexibility index (Phi) is 4.10. The number of benzene rings is 1. The highest BCUT2D eigenvalue weighted by atomic mass is 35.5. The Balaban J connectivity index is 2.15. The lowest BCUT2D eigenvalue weighted by atomic mass is 9.78. The van der Waals surface area contributed by atoms with Gasteiger partial charge in [0.15, 0.2) is 0 Å². The molecular formula is C15H17ClOS. The number of aliphatic hydroxyl groups excluding tert-OH is 1. The summed E-state index contributed by atoms with van der Waals surface area (Å²) in [7, 11) is 0. The summed E-state index contributed by atoms with van der Waals surface area (Å²) in [6.45, 7) is 4.14. The molecule has 0 fully saturated rings. The van der Waals surface area contributed by atoms with Crippen LogP contribution < -0.4 is 0 Å².